The summed E-state index contributed by atoms with van der Waals surface area (Å²) in [6.45, 7) is 9.13. The van der Waals surface area contributed by atoms with Crippen molar-refractivity contribution in [3.8, 4) is 0 Å². The zero-order chi connectivity index (χ0) is 11.5. The molecule has 16 heavy (non-hydrogen) atoms. The van der Waals surface area contributed by atoms with Crippen molar-refractivity contribution in [2.45, 2.75) is 32.8 Å². The molecule has 0 aromatic heterocycles. The first-order chi connectivity index (χ1) is 7.66. The SMILES string of the molecule is C=C(C)c1ccc(C2CCC(C)CO2)cc1. The number of hydrogen-bond acceptors (Lipinski definition) is 1. The van der Waals surface area contributed by atoms with Gasteiger partial charge in [0.05, 0.1) is 6.10 Å². The van der Waals surface area contributed by atoms with Crippen molar-refractivity contribution in [2.75, 3.05) is 6.61 Å². The minimum atomic E-state index is 0.301. The van der Waals surface area contributed by atoms with Gasteiger partial charge in [-0.3, -0.25) is 0 Å². The first-order valence-electron chi connectivity index (χ1n) is 6.04. The van der Waals surface area contributed by atoms with Crippen molar-refractivity contribution < 1.29 is 4.74 Å². The fourth-order valence-corrected chi connectivity index (χ4v) is 2.13. The second-order valence-corrected chi connectivity index (χ2v) is 4.91. The van der Waals surface area contributed by atoms with E-state index in [9.17, 15) is 0 Å². The van der Waals surface area contributed by atoms with E-state index in [-0.39, 0.29) is 0 Å². The third-order valence-corrected chi connectivity index (χ3v) is 3.28. The molecule has 1 heteroatoms. The normalized spacial score (nSPS) is 25.4. The van der Waals surface area contributed by atoms with E-state index in [0.717, 1.165) is 18.6 Å². The van der Waals surface area contributed by atoms with Crippen molar-refractivity contribution in [1.29, 1.82) is 0 Å². The van der Waals surface area contributed by atoms with Crippen LogP contribution in [0.4, 0.5) is 0 Å². The maximum atomic E-state index is 5.85. The fraction of sp³-hybridized carbons (Fsp3) is 0.467. The highest BCUT2D eigenvalue weighted by atomic mass is 16.5. The van der Waals surface area contributed by atoms with Gasteiger partial charge in [-0.1, -0.05) is 43.3 Å². The summed E-state index contributed by atoms with van der Waals surface area (Å²) in [5.41, 5.74) is 3.63. The van der Waals surface area contributed by atoms with Gasteiger partial charge in [0.1, 0.15) is 0 Å². The standard InChI is InChI=1S/C15H20O/c1-11(2)13-5-7-14(8-6-13)15-9-4-12(3)10-16-15/h5-8,12,15H,1,4,9-10H2,2-3H3. The van der Waals surface area contributed by atoms with Crippen LogP contribution in [0.1, 0.15) is 43.9 Å². The highest BCUT2D eigenvalue weighted by Gasteiger charge is 2.19. The molecule has 0 radical (unpaired) electrons. The summed E-state index contributed by atoms with van der Waals surface area (Å²) < 4.78 is 5.85. The van der Waals surface area contributed by atoms with Gasteiger partial charge in [0, 0.05) is 6.61 Å². The van der Waals surface area contributed by atoms with Crippen molar-refractivity contribution >= 4 is 5.57 Å². The second kappa shape index (κ2) is 4.84. The zero-order valence-electron chi connectivity index (χ0n) is 10.2. The molecular formula is C15H20O. The number of allylic oxidation sites excluding steroid dienone is 1. The van der Waals surface area contributed by atoms with Crippen LogP contribution < -0.4 is 0 Å². The topological polar surface area (TPSA) is 9.23 Å². The second-order valence-electron chi connectivity index (χ2n) is 4.91. The van der Waals surface area contributed by atoms with Crippen molar-refractivity contribution in [3.63, 3.8) is 0 Å². The van der Waals surface area contributed by atoms with Crippen LogP contribution in [-0.2, 0) is 4.74 Å². The average molecular weight is 216 g/mol. The summed E-state index contributed by atoms with van der Waals surface area (Å²) >= 11 is 0. The average Bonchev–Trinajstić information content (AvgIpc) is 2.30. The molecule has 1 aromatic rings. The highest BCUT2D eigenvalue weighted by molar-refractivity contribution is 5.61. The molecule has 0 N–H and O–H groups in total. The summed E-state index contributed by atoms with van der Waals surface area (Å²) in [5, 5.41) is 0. The van der Waals surface area contributed by atoms with E-state index >= 15 is 0 Å². The summed E-state index contributed by atoms with van der Waals surface area (Å²) in [7, 11) is 0. The lowest BCUT2D eigenvalue weighted by atomic mass is 9.95. The first-order valence-corrected chi connectivity index (χ1v) is 6.04. The minimum Gasteiger partial charge on any atom is -0.373 e. The van der Waals surface area contributed by atoms with E-state index in [1.807, 2.05) is 6.92 Å². The van der Waals surface area contributed by atoms with Gasteiger partial charge < -0.3 is 4.74 Å². The quantitative estimate of drug-likeness (QED) is 0.719. The minimum absolute atomic E-state index is 0.301. The van der Waals surface area contributed by atoms with Crippen LogP contribution in [0.3, 0.4) is 0 Å². The van der Waals surface area contributed by atoms with Crippen molar-refractivity contribution in [1.82, 2.24) is 0 Å². The lowest BCUT2D eigenvalue weighted by Crippen LogP contribution is -2.18. The fourth-order valence-electron chi connectivity index (χ4n) is 2.13. The van der Waals surface area contributed by atoms with Gasteiger partial charge in [0.2, 0.25) is 0 Å². The third kappa shape index (κ3) is 2.53. The molecule has 1 aliphatic rings. The number of ether oxygens (including phenoxy) is 1. The molecule has 0 bridgehead atoms. The molecule has 0 spiro atoms. The Hall–Kier alpha value is -1.08. The molecule has 1 fully saturated rings. The van der Waals surface area contributed by atoms with E-state index in [4.69, 9.17) is 4.74 Å². The predicted octanol–water partition coefficient (Wildman–Crippen LogP) is 4.21. The van der Waals surface area contributed by atoms with Gasteiger partial charge in [0.25, 0.3) is 0 Å². The molecule has 2 atom stereocenters. The smallest absolute Gasteiger partial charge is 0.0825 e. The molecular weight excluding hydrogens is 196 g/mol. The van der Waals surface area contributed by atoms with Crippen LogP contribution in [0.2, 0.25) is 0 Å². The largest absolute Gasteiger partial charge is 0.373 e. The van der Waals surface area contributed by atoms with Gasteiger partial charge in [-0.05, 0) is 36.8 Å². The lowest BCUT2D eigenvalue weighted by molar-refractivity contribution is -0.0123. The molecule has 1 aromatic carbocycles. The molecule has 1 heterocycles. The van der Waals surface area contributed by atoms with E-state index in [0.29, 0.717) is 12.0 Å². The monoisotopic (exact) mass is 216 g/mol. The Morgan fingerprint density at radius 3 is 2.44 bits per heavy atom. The highest BCUT2D eigenvalue weighted by Crippen LogP contribution is 2.30. The Morgan fingerprint density at radius 1 is 1.25 bits per heavy atom. The lowest BCUT2D eigenvalue weighted by Gasteiger charge is -2.27. The van der Waals surface area contributed by atoms with Crippen LogP contribution in [0.5, 0.6) is 0 Å². The maximum Gasteiger partial charge on any atom is 0.0825 e. The predicted molar refractivity (Wildman–Crippen MR) is 68.2 cm³/mol. The Kier molecular flexibility index (Phi) is 3.45. The van der Waals surface area contributed by atoms with Crippen LogP contribution in [0.25, 0.3) is 5.57 Å². The number of benzene rings is 1. The molecule has 0 saturated carbocycles. The molecule has 86 valence electrons. The number of rotatable bonds is 2. The van der Waals surface area contributed by atoms with E-state index in [1.165, 1.54) is 17.5 Å². The molecule has 1 saturated heterocycles. The molecule has 1 nitrogen and oxygen atoms in total. The van der Waals surface area contributed by atoms with Gasteiger partial charge in [-0.25, -0.2) is 0 Å². The van der Waals surface area contributed by atoms with Crippen LogP contribution in [-0.4, -0.2) is 6.61 Å². The van der Waals surface area contributed by atoms with E-state index < -0.39 is 0 Å². The van der Waals surface area contributed by atoms with Gasteiger partial charge >= 0.3 is 0 Å². The van der Waals surface area contributed by atoms with Crippen LogP contribution in [0.15, 0.2) is 30.8 Å². The summed E-state index contributed by atoms with van der Waals surface area (Å²) in [5.74, 6) is 0.714. The van der Waals surface area contributed by atoms with E-state index in [1.54, 1.807) is 0 Å². The summed E-state index contributed by atoms with van der Waals surface area (Å²) in [6, 6.07) is 8.62. The van der Waals surface area contributed by atoms with Crippen molar-refractivity contribution in [3.05, 3.63) is 42.0 Å². The summed E-state index contributed by atoms with van der Waals surface area (Å²) in [6.07, 6.45) is 2.72. The van der Waals surface area contributed by atoms with Crippen molar-refractivity contribution in [2.24, 2.45) is 5.92 Å². The first kappa shape index (κ1) is 11.4. The Bertz CT molecular complexity index is 356. The number of hydrogen-bond donors (Lipinski definition) is 0. The maximum absolute atomic E-state index is 5.85. The van der Waals surface area contributed by atoms with Crippen LogP contribution >= 0.6 is 0 Å². The summed E-state index contributed by atoms with van der Waals surface area (Å²) in [4.78, 5) is 0. The van der Waals surface area contributed by atoms with Gasteiger partial charge in [0.15, 0.2) is 0 Å². The molecule has 0 aliphatic carbocycles. The Labute approximate surface area is 98.1 Å². The zero-order valence-corrected chi connectivity index (χ0v) is 10.2. The molecule has 2 rings (SSSR count). The molecule has 2 unspecified atom stereocenters. The van der Waals surface area contributed by atoms with Crippen LogP contribution in [0, 0.1) is 5.92 Å². The molecule has 1 aliphatic heterocycles. The molecule has 0 amide bonds. The Balaban J connectivity index is 2.07. The van der Waals surface area contributed by atoms with Gasteiger partial charge in [-0.2, -0.15) is 0 Å². The Morgan fingerprint density at radius 2 is 1.94 bits per heavy atom. The van der Waals surface area contributed by atoms with E-state index in [2.05, 4.69) is 37.8 Å². The third-order valence-electron chi connectivity index (χ3n) is 3.28. The van der Waals surface area contributed by atoms with Gasteiger partial charge in [-0.15, -0.1) is 0 Å².